The van der Waals surface area contributed by atoms with Gasteiger partial charge >= 0.3 is 5.97 Å². The number of aromatic nitrogens is 1. The van der Waals surface area contributed by atoms with Crippen LogP contribution in [0.25, 0.3) is 10.9 Å². The summed E-state index contributed by atoms with van der Waals surface area (Å²) in [6.45, 7) is 1.88. The minimum atomic E-state index is -0.576. The highest BCUT2D eigenvalue weighted by molar-refractivity contribution is 5.92. The summed E-state index contributed by atoms with van der Waals surface area (Å²) in [6.07, 6.45) is 4.48. The van der Waals surface area contributed by atoms with Crippen LogP contribution in [0.15, 0.2) is 36.4 Å². The van der Waals surface area contributed by atoms with Crippen LogP contribution in [0.3, 0.4) is 0 Å². The van der Waals surface area contributed by atoms with Gasteiger partial charge in [-0.15, -0.1) is 0 Å². The van der Waals surface area contributed by atoms with Crippen molar-refractivity contribution in [2.75, 3.05) is 6.61 Å². The van der Waals surface area contributed by atoms with Crippen molar-refractivity contribution in [2.45, 2.75) is 38.6 Å². The Kier molecular flexibility index (Phi) is 5.08. The zero-order valence-electron chi connectivity index (χ0n) is 13.8. The maximum Gasteiger partial charge on any atom is 0.357 e. The van der Waals surface area contributed by atoms with Crippen molar-refractivity contribution in [3.05, 3.63) is 42.1 Å². The molecule has 1 fully saturated rings. The van der Waals surface area contributed by atoms with E-state index in [4.69, 9.17) is 4.74 Å². The first-order valence-corrected chi connectivity index (χ1v) is 8.46. The van der Waals surface area contributed by atoms with Crippen molar-refractivity contribution in [2.24, 2.45) is 5.92 Å². The molecule has 3 rings (SSSR count). The highest BCUT2D eigenvalue weighted by Crippen LogP contribution is 2.23. The standard InChI is InChI=1S/C19H22N2O3/c1-13-6-2-4-8-15(13)21-18(22)12-24-19(23)17-11-10-14-7-3-5-9-16(14)20-17/h3,5,7,9-11,13,15H,2,4,6,8,12H2,1H3,(H,21,22)/t13-,15-/m1/s1. The first-order chi connectivity index (χ1) is 11.6. The molecule has 0 spiro atoms. The molecule has 1 aromatic heterocycles. The molecule has 1 saturated carbocycles. The van der Waals surface area contributed by atoms with E-state index in [-0.39, 0.29) is 24.2 Å². The number of esters is 1. The highest BCUT2D eigenvalue weighted by Gasteiger charge is 2.23. The third kappa shape index (κ3) is 3.91. The molecule has 1 aliphatic carbocycles. The van der Waals surface area contributed by atoms with E-state index in [2.05, 4.69) is 17.2 Å². The van der Waals surface area contributed by atoms with Gasteiger partial charge in [0, 0.05) is 11.4 Å². The molecule has 0 bridgehead atoms. The van der Waals surface area contributed by atoms with Gasteiger partial charge in [0.15, 0.2) is 6.61 Å². The van der Waals surface area contributed by atoms with E-state index >= 15 is 0 Å². The number of pyridine rings is 1. The Morgan fingerprint density at radius 3 is 2.79 bits per heavy atom. The van der Waals surface area contributed by atoms with Gasteiger partial charge in [-0.25, -0.2) is 9.78 Å². The molecule has 1 N–H and O–H groups in total. The number of fused-ring (bicyclic) bond motifs is 1. The summed E-state index contributed by atoms with van der Waals surface area (Å²) in [5, 5.41) is 3.93. The van der Waals surface area contributed by atoms with E-state index < -0.39 is 5.97 Å². The first kappa shape index (κ1) is 16.4. The predicted molar refractivity (Wildman–Crippen MR) is 91.6 cm³/mol. The number of hydrogen-bond acceptors (Lipinski definition) is 4. The Bertz CT molecular complexity index is 744. The van der Waals surface area contributed by atoms with E-state index in [1.54, 1.807) is 6.07 Å². The maximum absolute atomic E-state index is 12.1. The van der Waals surface area contributed by atoms with Crippen LogP contribution >= 0.6 is 0 Å². The number of amides is 1. The molecule has 5 heteroatoms. The zero-order chi connectivity index (χ0) is 16.9. The van der Waals surface area contributed by atoms with Gasteiger partial charge in [-0.05, 0) is 30.9 Å². The van der Waals surface area contributed by atoms with Crippen LogP contribution in [0.4, 0.5) is 0 Å². The number of benzene rings is 1. The fraction of sp³-hybridized carbons (Fsp3) is 0.421. The second-order valence-electron chi connectivity index (χ2n) is 6.40. The quantitative estimate of drug-likeness (QED) is 0.877. The SMILES string of the molecule is C[C@@H]1CCCC[C@H]1NC(=O)COC(=O)c1ccc2ccccc2n1. The summed E-state index contributed by atoms with van der Waals surface area (Å²) < 4.78 is 5.10. The summed E-state index contributed by atoms with van der Waals surface area (Å²) in [7, 11) is 0. The first-order valence-electron chi connectivity index (χ1n) is 8.46. The number of nitrogens with one attached hydrogen (secondary N) is 1. The lowest BCUT2D eigenvalue weighted by atomic mass is 9.86. The Balaban J connectivity index is 1.55. The molecular formula is C19H22N2O3. The average Bonchev–Trinajstić information content (AvgIpc) is 2.61. The third-order valence-electron chi connectivity index (χ3n) is 4.60. The molecular weight excluding hydrogens is 304 g/mol. The number of carbonyl (C=O) groups is 2. The molecule has 0 aliphatic heterocycles. The van der Waals surface area contributed by atoms with E-state index in [0.717, 1.165) is 30.2 Å². The molecule has 1 aromatic carbocycles. The largest absolute Gasteiger partial charge is 0.451 e. The molecule has 2 aromatic rings. The van der Waals surface area contributed by atoms with E-state index in [1.165, 1.54) is 6.42 Å². The smallest absolute Gasteiger partial charge is 0.357 e. The van der Waals surface area contributed by atoms with Crippen LogP contribution in [-0.4, -0.2) is 29.5 Å². The van der Waals surface area contributed by atoms with Gasteiger partial charge in [-0.2, -0.15) is 0 Å². The van der Waals surface area contributed by atoms with Gasteiger partial charge in [-0.1, -0.05) is 44.0 Å². The van der Waals surface area contributed by atoms with E-state index in [0.29, 0.717) is 5.92 Å². The topological polar surface area (TPSA) is 68.3 Å². The van der Waals surface area contributed by atoms with Crippen molar-refractivity contribution >= 4 is 22.8 Å². The van der Waals surface area contributed by atoms with Crippen molar-refractivity contribution in [3.8, 4) is 0 Å². The number of ether oxygens (including phenoxy) is 1. The molecule has 5 nitrogen and oxygen atoms in total. The molecule has 2 atom stereocenters. The van der Waals surface area contributed by atoms with E-state index in [9.17, 15) is 9.59 Å². The van der Waals surface area contributed by atoms with Crippen molar-refractivity contribution < 1.29 is 14.3 Å². The normalized spacial score (nSPS) is 20.5. The second-order valence-corrected chi connectivity index (χ2v) is 6.40. The zero-order valence-corrected chi connectivity index (χ0v) is 13.8. The van der Waals surface area contributed by atoms with Crippen molar-refractivity contribution in [3.63, 3.8) is 0 Å². The predicted octanol–water partition coefficient (Wildman–Crippen LogP) is 3.09. The van der Waals surface area contributed by atoms with Crippen LogP contribution in [0.1, 0.15) is 43.1 Å². The molecule has 1 amide bonds. The van der Waals surface area contributed by atoms with Gasteiger partial charge in [0.1, 0.15) is 5.69 Å². The highest BCUT2D eigenvalue weighted by atomic mass is 16.5. The molecule has 24 heavy (non-hydrogen) atoms. The molecule has 126 valence electrons. The molecule has 1 heterocycles. The summed E-state index contributed by atoms with van der Waals surface area (Å²) in [6, 6.07) is 11.2. The van der Waals surface area contributed by atoms with Crippen LogP contribution in [0, 0.1) is 5.92 Å². The van der Waals surface area contributed by atoms with Crippen LogP contribution in [-0.2, 0) is 9.53 Å². The maximum atomic E-state index is 12.1. The minimum absolute atomic E-state index is 0.184. The number of nitrogens with zero attached hydrogens (tertiary/aromatic N) is 1. The number of hydrogen-bond donors (Lipinski definition) is 1. The van der Waals surface area contributed by atoms with Crippen LogP contribution in [0.5, 0.6) is 0 Å². The van der Waals surface area contributed by atoms with E-state index in [1.807, 2.05) is 30.3 Å². The Labute approximate surface area is 141 Å². The summed E-state index contributed by atoms with van der Waals surface area (Å²) in [5.41, 5.74) is 0.944. The fourth-order valence-electron chi connectivity index (χ4n) is 3.16. The van der Waals surface area contributed by atoms with Gasteiger partial charge < -0.3 is 10.1 Å². The van der Waals surface area contributed by atoms with Gasteiger partial charge in [0.2, 0.25) is 0 Å². The minimum Gasteiger partial charge on any atom is -0.451 e. The summed E-state index contributed by atoms with van der Waals surface area (Å²) >= 11 is 0. The van der Waals surface area contributed by atoms with Crippen molar-refractivity contribution in [1.82, 2.24) is 10.3 Å². The molecule has 0 saturated heterocycles. The molecule has 0 unspecified atom stereocenters. The van der Waals surface area contributed by atoms with Gasteiger partial charge in [0.05, 0.1) is 5.52 Å². The average molecular weight is 326 g/mol. The van der Waals surface area contributed by atoms with Crippen molar-refractivity contribution in [1.29, 1.82) is 0 Å². The molecule has 0 radical (unpaired) electrons. The Morgan fingerprint density at radius 2 is 1.96 bits per heavy atom. The summed E-state index contributed by atoms with van der Waals surface area (Å²) in [5.74, 6) is -0.351. The number of rotatable bonds is 4. The van der Waals surface area contributed by atoms with Gasteiger partial charge in [-0.3, -0.25) is 4.79 Å². The Hall–Kier alpha value is -2.43. The summed E-state index contributed by atoms with van der Waals surface area (Å²) in [4.78, 5) is 28.4. The third-order valence-corrected chi connectivity index (χ3v) is 4.60. The Morgan fingerprint density at radius 1 is 1.17 bits per heavy atom. The van der Waals surface area contributed by atoms with Crippen LogP contribution < -0.4 is 5.32 Å². The lowest BCUT2D eigenvalue weighted by molar-refractivity contribution is -0.125. The lowest BCUT2D eigenvalue weighted by Gasteiger charge is -2.29. The second kappa shape index (κ2) is 7.43. The monoisotopic (exact) mass is 326 g/mol. The van der Waals surface area contributed by atoms with Gasteiger partial charge in [0.25, 0.3) is 5.91 Å². The lowest BCUT2D eigenvalue weighted by Crippen LogP contribution is -2.42. The number of para-hydroxylation sites is 1. The fourth-order valence-corrected chi connectivity index (χ4v) is 3.16. The molecule has 1 aliphatic rings. The van der Waals surface area contributed by atoms with Crippen LogP contribution in [0.2, 0.25) is 0 Å². The number of carbonyl (C=O) groups excluding carboxylic acids is 2.